The van der Waals surface area contributed by atoms with E-state index in [2.05, 4.69) is 5.16 Å². The Morgan fingerprint density at radius 3 is 2.83 bits per heavy atom. The summed E-state index contributed by atoms with van der Waals surface area (Å²) >= 11 is 0. The molecule has 2 unspecified atom stereocenters. The van der Waals surface area contributed by atoms with Crippen molar-refractivity contribution in [3.8, 4) is 0 Å². The minimum Gasteiger partial charge on any atom is -0.481 e. The van der Waals surface area contributed by atoms with Crippen molar-refractivity contribution >= 4 is 17.6 Å². The lowest BCUT2D eigenvalue weighted by atomic mass is 9.93. The monoisotopic (exact) mass is 330 g/mol. The number of amides is 1. The Bertz CT molecular complexity index is 629. The lowest BCUT2D eigenvalue weighted by Gasteiger charge is -2.33. The molecule has 2 aliphatic heterocycles. The van der Waals surface area contributed by atoms with Gasteiger partial charge in [-0.25, -0.2) is 0 Å². The van der Waals surface area contributed by atoms with Crippen LogP contribution in [-0.2, 0) is 14.4 Å². The number of hydrogen-bond acceptors (Lipinski definition) is 4. The van der Waals surface area contributed by atoms with Gasteiger partial charge in [0, 0.05) is 25.9 Å². The summed E-state index contributed by atoms with van der Waals surface area (Å²) in [7, 11) is 0. The van der Waals surface area contributed by atoms with Gasteiger partial charge in [-0.15, -0.1) is 0 Å². The smallest absolute Gasteiger partial charge is 0.303 e. The van der Waals surface area contributed by atoms with Crippen LogP contribution in [0, 0.1) is 5.92 Å². The van der Waals surface area contributed by atoms with Crippen LogP contribution >= 0.6 is 0 Å². The number of oxime groups is 1. The van der Waals surface area contributed by atoms with Crippen molar-refractivity contribution in [2.24, 2.45) is 11.1 Å². The summed E-state index contributed by atoms with van der Waals surface area (Å²) in [4.78, 5) is 30.6. The van der Waals surface area contributed by atoms with Crippen molar-refractivity contribution in [2.45, 2.75) is 38.2 Å². The zero-order valence-corrected chi connectivity index (χ0v) is 13.6. The van der Waals surface area contributed by atoms with Gasteiger partial charge < -0.3 is 14.8 Å². The first kappa shape index (κ1) is 16.5. The van der Waals surface area contributed by atoms with Gasteiger partial charge in [0.15, 0.2) is 0 Å². The van der Waals surface area contributed by atoms with Crippen molar-refractivity contribution in [3.05, 3.63) is 35.9 Å². The highest BCUT2D eigenvalue weighted by Crippen LogP contribution is 2.24. The number of aliphatic carboxylic acids is 1. The van der Waals surface area contributed by atoms with Crippen LogP contribution < -0.4 is 0 Å². The molecule has 128 valence electrons. The second-order valence-corrected chi connectivity index (χ2v) is 6.43. The summed E-state index contributed by atoms with van der Waals surface area (Å²) in [6.45, 7) is 1.33. The van der Waals surface area contributed by atoms with E-state index in [0.29, 0.717) is 25.9 Å². The van der Waals surface area contributed by atoms with E-state index in [9.17, 15) is 9.59 Å². The second-order valence-electron chi connectivity index (χ2n) is 6.43. The Hall–Kier alpha value is -2.37. The van der Waals surface area contributed by atoms with Crippen LogP contribution in [0.25, 0.3) is 0 Å². The third-order valence-electron chi connectivity index (χ3n) is 4.65. The topological polar surface area (TPSA) is 79.2 Å². The summed E-state index contributed by atoms with van der Waals surface area (Å²) in [6, 6.07) is 9.72. The van der Waals surface area contributed by atoms with Crippen molar-refractivity contribution in [1.29, 1.82) is 0 Å². The number of carbonyl (C=O) groups excluding carboxylic acids is 1. The Kier molecular flexibility index (Phi) is 5.13. The predicted molar refractivity (Wildman–Crippen MR) is 88.6 cm³/mol. The van der Waals surface area contributed by atoms with Crippen LogP contribution in [0.5, 0.6) is 0 Å². The Morgan fingerprint density at radius 2 is 2.08 bits per heavy atom. The molecular weight excluding hydrogens is 308 g/mol. The lowest BCUT2D eigenvalue weighted by Crippen LogP contribution is -2.45. The van der Waals surface area contributed by atoms with Gasteiger partial charge in [0.05, 0.1) is 5.71 Å². The maximum absolute atomic E-state index is 12.7. The molecule has 2 heterocycles. The molecular formula is C18H22N2O4. The maximum atomic E-state index is 12.7. The summed E-state index contributed by atoms with van der Waals surface area (Å²) in [5.74, 6) is -0.557. The van der Waals surface area contributed by atoms with Gasteiger partial charge >= 0.3 is 5.97 Å². The first-order chi connectivity index (χ1) is 11.6. The zero-order valence-electron chi connectivity index (χ0n) is 13.6. The molecule has 1 aromatic rings. The second kappa shape index (κ2) is 7.47. The van der Waals surface area contributed by atoms with Crippen molar-refractivity contribution in [2.75, 3.05) is 13.1 Å². The highest BCUT2D eigenvalue weighted by molar-refractivity contribution is 6.04. The van der Waals surface area contributed by atoms with Gasteiger partial charge in [0.1, 0.15) is 0 Å². The van der Waals surface area contributed by atoms with Gasteiger partial charge in [-0.05, 0) is 30.7 Å². The number of benzene rings is 1. The number of nitrogens with zero attached hydrogens (tertiary/aromatic N) is 2. The van der Waals surface area contributed by atoms with E-state index in [-0.39, 0.29) is 18.2 Å². The summed E-state index contributed by atoms with van der Waals surface area (Å²) in [6.07, 6.45) is 2.60. The van der Waals surface area contributed by atoms with E-state index in [1.165, 1.54) is 0 Å². The Balaban J connectivity index is 1.54. The molecule has 1 fully saturated rings. The molecule has 0 spiro atoms. The van der Waals surface area contributed by atoms with E-state index in [1.54, 1.807) is 0 Å². The van der Waals surface area contributed by atoms with Crippen molar-refractivity contribution in [3.63, 3.8) is 0 Å². The number of likely N-dealkylation sites (tertiary alicyclic amines) is 1. The molecule has 6 nitrogen and oxygen atoms in total. The highest BCUT2D eigenvalue weighted by Gasteiger charge is 2.34. The van der Waals surface area contributed by atoms with E-state index in [0.717, 1.165) is 24.1 Å². The van der Waals surface area contributed by atoms with Crippen molar-refractivity contribution < 1.29 is 19.5 Å². The molecule has 0 saturated carbocycles. The maximum Gasteiger partial charge on any atom is 0.303 e. The van der Waals surface area contributed by atoms with Gasteiger partial charge in [0.2, 0.25) is 6.10 Å². The minimum atomic E-state index is -0.779. The molecule has 2 aliphatic rings. The number of hydrogen-bond donors (Lipinski definition) is 1. The Morgan fingerprint density at radius 1 is 1.29 bits per heavy atom. The van der Waals surface area contributed by atoms with Crippen LogP contribution in [0.1, 0.15) is 37.7 Å². The number of carboxylic acids is 1. The van der Waals surface area contributed by atoms with Crippen LogP contribution in [0.2, 0.25) is 0 Å². The fourth-order valence-corrected chi connectivity index (χ4v) is 3.34. The van der Waals surface area contributed by atoms with Gasteiger partial charge in [-0.2, -0.15) is 0 Å². The highest BCUT2D eigenvalue weighted by atomic mass is 16.6. The summed E-state index contributed by atoms with van der Waals surface area (Å²) in [5, 5.41) is 12.9. The molecule has 1 N–H and O–H groups in total. The molecule has 6 heteroatoms. The Labute approximate surface area is 141 Å². The first-order valence-electron chi connectivity index (χ1n) is 8.42. The van der Waals surface area contributed by atoms with E-state index in [4.69, 9.17) is 9.94 Å². The normalized spacial score (nSPS) is 23.5. The molecule has 1 amide bonds. The third-order valence-corrected chi connectivity index (χ3v) is 4.65. The van der Waals surface area contributed by atoms with Gasteiger partial charge in [0.25, 0.3) is 5.91 Å². The van der Waals surface area contributed by atoms with E-state index in [1.807, 2.05) is 35.2 Å². The van der Waals surface area contributed by atoms with Crippen LogP contribution in [-0.4, -0.2) is 46.8 Å². The van der Waals surface area contributed by atoms with E-state index < -0.39 is 12.1 Å². The van der Waals surface area contributed by atoms with Crippen molar-refractivity contribution in [1.82, 2.24) is 4.90 Å². The molecule has 2 atom stereocenters. The zero-order chi connectivity index (χ0) is 16.9. The van der Waals surface area contributed by atoms with Crippen LogP contribution in [0.4, 0.5) is 0 Å². The number of rotatable bonds is 5. The predicted octanol–water partition coefficient (Wildman–Crippen LogP) is 2.28. The largest absolute Gasteiger partial charge is 0.481 e. The fraction of sp³-hybridized carbons (Fsp3) is 0.500. The SMILES string of the molecule is O=C(O)CCC1CCCN(C(=O)C2CC(c3ccccc3)=NO2)C1. The number of carbonyl (C=O) groups is 2. The quantitative estimate of drug-likeness (QED) is 0.898. The molecule has 0 bridgehead atoms. The van der Waals surface area contributed by atoms with Gasteiger partial charge in [-0.1, -0.05) is 35.5 Å². The molecule has 24 heavy (non-hydrogen) atoms. The van der Waals surface area contributed by atoms with E-state index >= 15 is 0 Å². The molecule has 0 aromatic heterocycles. The average molecular weight is 330 g/mol. The summed E-state index contributed by atoms with van der Waals surface area (Å²) in [5.41, 5.74) is 1.78. The van der Waals surface area contributed by atoms with Crippen LogP contribution in [0.15, 0.2) is 35.5 Å². The van der Waals surface area contributed by atoms with Crippen LogP contribution in [0.3, 0.4) is 0 Å². The third kappa shape index (κ3) is 3.93. The summed E-state index contributed by atoms with van der Waals surface area (Å²) < 4.78 is 0. The van der Waals surface area contributed by atoms with Gasteiger partial charge in [-0.3, -0.25) is 9.59 Å². The molecule has 1 saturated heterocycles. The standard InChI is InChI=1S/C18H22N2O4/c21-17(22)9-8-13-5-4-10-20(12-13)18(23)16-11-15(19-24-16)14-6-2-1-3-7-14/h1-3,6-7,13,16H,4-5,8-12H2,(H,21,22). The lowest BCUT2D eigenvalue weighted by molar-refractivity contribution is -0.144. The average Bonchev–Trinajstić information content (AvgIpc) is 3.10. The molecule has 3 rings (SSSR count). The fourth-order valence-electron chi connectivity index (χ4n) is 3.34. The minimum absolute atomic E-state index is 0.0373. The molecule has 1 aromatic carbocycles. The molecule has 0 radical (unpaired) electrons. The molecule has 0 aliphatic carbocycles. The number of piperidine rings is 1. The number of carboxylic acid groups (broad SMARTS) is 1. The first-order valence-corrected chi connectivity index (χ1v) is 8.42.